The van der Waals surface area contributed by atoms with Crippen molar-refractivity contribution in [2.24, 2.45) is 0 Å². The number of amides is 2. The van der Waals surface area contributed by atoms with Crippen molar-refractivity contribution >= 4 is 12.0 Å². The molecule has 0 fully saturated rings. The van der Waals surface area contributed by atoms with E-state index in [1.54, 1.807) is 11.6 Å². The normalized spacial score (nSPS) is 15.7. The van der Waals surface area contributed by atoms with E-state index in [0.29, 0.717) is 22.5 Å². The minimum atomic E-state index is -0.736. The summed E-state index contributed by atoms with van der Waals surface area (Å²) in [5, 5.41) is 10.4. The molecule has 0 bridgehead atoms. The van der Waals surface area contributed by atoms with Gasteiger partial charge in [-0.25, -0.2) is 14.3 Å². The number of aryl methyl sites for hydroxylation is 1. The topological polar surface area (TPSA) is 94.5 Å². The zero-order valence-electron chi connectivity index (χ0n) is 19.9. The van der Waals surface area contributed by atoms with Crippen LogP contribution in [0.5, 0.6) is 5.75 Å². The first kappa shape index (κ1) is 23.1. The van der Waals surface area contributed by atoms with Crippen molar-refractivity contribution in [1.29, 1.82) is 0 Å². The number of ether oxygens (including phenoxy) is 2. The van der Waals surface area contributed by atoms with E-state index < -0.39 is 18.0 Å². The van der Waals surface area contributed by atoms with E-state index in [1.165, 1.54) is 7.11 Å². The molecule has 2 heterocycles. The molecule has 2 aromatic carbocycles. The summed E-state index contributed by atoms with van der Waals surface area (Å²) >= 11 is 0. The number of aromatic nitrogens is 2. The fourth-order valence-corrected chi connectivity index (χ4v) is 4.03. The lowest BCUT2D eigenvalue weighted by atomic mass is 9.93. The zero-order valence-corrected chi connectivity index (χ0v) is 19.9. The van der Waals surface area contributed by atoms with Crippen LogP contribution in [0, 0.1) is 6.92 Å². The Labute approximate surface area is 198 Å². The van der Waals surface area contributed by atoms with Gasteiger partial charge in [-0.3, -0.25) is 0 Å². The number of esters is 1. The second-order valence-corrected chi connectivity index (χ2v) is 8.42. The predicted octanol–water partition coefficient (Wildman–Crippen LogP) is 4.44. The number of rotatable bonds is 6. The van der Waals surface area contributed by atoms with Crippen LogP contribution in [0.25, 0.3) is 16.9 Å². The number of nitrogens with one attached hydrogen (secondary N) is 2. The summed E-state index contributed by atoms with van der Waals surface area (Å²) in [5.74, 6) is 0.272. The molecule has 0 spiro atoms. The van der Waals surface area contributed by atoms with Gasteiger partial charge in [-0.2, -0.15) is 5.10 Å². The highest BCUT2D eigenvalue weighted by Gasteiger charge is 2.35. The van der Waals surface area contributed by atoms with Crippen LogP contribution >= 0.6 is 0 Å². The fraction of sp³-hybridized carbons (Fsp3) is 0.269. The van der Waals surface area contributed by atoms with Crippen molar-refractivity contribution < 1.29 is 19.1 Å². The molecule has 2 N–H and O–H groups in total. The Morgan fingerprint density at radius 2 is 1.85 bits per heavy atom. The molecule has 1 unspecified atom stereocenters. The number of carbonyl (C=O) groups excluding carboxylic acids is 2. The van der Waals surface area contributed by atoms with Gasteiger partial charge in [-0.15, -0.1) is 0 Å². The molecule has 1 aromatic heterocycles. The number of allylic oxidation sites excluding steroid dienone is 1. The van der Waals surface area contributed by atoms with Gasteiger partial charge >= 0.3 is 12.0 Å². The van der Waals surface area contributed by atoms with Crippen LogP contribution in [0.3, 0.4) is 0 Å². The minimum Gasteiger partial charge on any atom is -0.491 e. The molecular weight excluding hydrogens is 432 g/mol. The van der Waals surface area contributed by atoms with Crippen molar-refractivity contribution in [2.45, 2.75) is 39.8 Å². The molecule has 1 atom stereocenters. The molecule has 0 saturated heterocycles. The Hall–Kier alpha value is -4.07. The molecule has 1 aliphatic rings. The van der Waals surface area contributed by atoms with Crippen LogP contribution in [0.1, 0.15) is 37.9 Å². The number of carbonyl (C=O) groups is 2. The maximum Gasteiger partial charge on any atom is 0.337 e. The summed E-state index contributed by atoms with van der Waals surface area (Å²) in [6, 6.07) is 14.4. The third-order valence-corrected chi connectivity index (χ3v) is 5.56. The lowest BCUT2D eigenvalue weighted by Crippen LogP contribution is -2.45. The third-order valence-electron chi connectivity index (χ3n) is 5.56. The van der Waals surface area contributed by atoms with E-state index in [2.05, 4.69) is 10.6 Å². The van der Waals surface area contributed by atoms with Crippen LogP contribution in [0.4, 0.5) is 4.79 Å². The molecule has 8 heteroatoms. The maximum absolute atomic E-state index is 12.7. The van der Waals surface area contributed by atoms with Crippen molar-refractivity contribution in [3.8, 4) is 22.7 Å². The highest BCUT2D eigenvalue weighted by atomic mass is 16.5. The van der Waals surface area contributed by atoms with E-state index >= 15 is 0 Å². The summed E-state index contributed by atoms with van der Waals surface area (Å²) in [7, 11) is 1.32. The van der Waals surface area contributed by atoms with Gasteiger partial charge in [0, 0.05) is 23.0 Å². The van der Waals surface area contributed by atoms with Crippen LogP contribution in [-0.2, 0) is 9.53 Å². The molecule has 176 valence electrons. The lowest BCUT2D eigenvalue weighted by molar-refractivity contribution is -0.136. The third kappa shape index (κ3) is 4.52. The first-order valence-electron chi connectivity index (χ1n) is 11.1. The van der Waals surface area contributed by atoms with Crippen molar-refractivity contribution in [1.82, 2.24) is 20.4 Å². The number of methoxy groups -OCH3 is 1. The van der Waals surface area contributed by atoms with Gasteiger partial charge < -0.3 is 20.1 Å². The predicted molar refractivity (Wildman–Crippen MR) is 129 cm³/mol. The highest BCUT2D eigenvalue weighted by molar-refractivity contribution is 5.95. The molecular formula is C26H28N4O4. The minimum absolute atomic E-state index is 0.0538. The summed E-state index contributed by atoms with van der Waals surface area (Å²) in [6.45, 7) is 7.62. The molecule has 0 aliphatic carbocycles. The molecule has 4 rings (SSSR count). The second-order valence-electron chi connectivity index (χ2n) is 8.42. The van der Waals surface area contributed by atoms with Crippen LogP contribution < -0.4 is 15.4 Å². The van der Waals surface area contributed by atoms with Gasteiger partial charge in [-0.05, 0) is 63.6 Å². The Bertz CT molecular complexity index is 1260. The van der Waals surface area contributed by atoms with Crippen LogP contribution in [-0.4, -0.2) is 35.0 Å². The summed E-state index contributed by atoms with van der Waals surface area (Å²) in [4.78, 5) is 25.1. The second kappa shape index (κ2) is 9.43. The smallest absolute Gasteiger partial charge is 0.337 e. The average molecular weight is 461 g/mol. The molecule has 2 amide bonds. The molecule has 3 aromatic rings. The van der Waals surface area contributed by atoms with Crippen LogP contribution in [0.2, 0.25) is 0 Å². The standard InChI is InChI=1S/C26H28N4O4/c1-15(2)34-21-12-11-18(13-16(21)3)23-20(14-30(29-23)19-9-7-6-8-10-19)24-22(25(31)33-5)17(4)27-26(32)28-24/h6-15,24H,1-5H3,(H2,27,28,32). The van der Waals surface area contributed by atoms with Crippen LogP contribution in [0.15, 0.2) is 66.0 Å². The SMILES string of the molecule is COC(=O)C1=C(C)NC(=O)NC1c1cn(-c2ccccc2)nc1-c1ccc(OC(C)C)c(C)c1. The molecule has 1 aliphatic heterocycles. The van der Waals surface area contributed by atoms with Crippen molar-refractivity contribution in [2.75, 3.05) is 7.11 Å². The largest absolute Gasteiger partial charge is 0.491 e. The first-order valence-corrected chi connectivity index (χ1v) is 11.1. The van der Waals surface area contributed by atoms with E-state index in [9.17, 15) is 9.59 Å². The lowest BCUT2D eigenvalue weighted by Gasteiger charge is -2.27. The van der Waals surface area contributed by atoms with Gasteiger partial charge in [0.1, 0.15) is 5.75 Å². The number of para-hydroxylation sites is 1. The van der Waals surface area contributed by atoms with Gasteiger partial charge in [0.05, 0.1) is 36.2 Å². The van der Waals surface area contributed by atoms with Gasteiger partial charge in [0.15, 0.2) is 0 Å². The molecule has 34 heavy (non-hydrogen) atoms. The van der Waals surface area contributed by atoms with E-state index in [4.69, 9.17) is 14.6 Å². The summed E-state index contributed by atoms with van der Waals surface area (Å²) in [6.07, 6.45) is 1.89. The number of nitrogens with zero attached hydrogens (tertiary/aromatic N) is 2. The monoisotopic (exact) mass is 460 g/mol. The summed E-state index contributed by atoms with van der Waals surface area (Å²) in [5.41, 5.74) is 4.74. The molecule has 0 radical (unpaired) electrons. The average Bonchev–Trinajstić information content (AvgIpc) is 3.25. The van der Waals surface area contributed by atoms with E-state index in [1.807, 2.05) is 75.5 Å². The van der Waals surface area contributed by atoms with E-state index in [0.717, 1.165) is 22.6 Å². The summed E-state index contributed by atoms with van der Waals surface area (Å²) < 4.78 is 12.7. The molecule has 8 nitrogen and oxygen atoms in total. The molecule has 0 saturated carbocycles. The Morgan fingerprint density at radius 1 is 1.12 bits per heavy atom. The Morgan fingerprint density at radius 3 is 2.50 bits per heavy atom. The quantitative estimate of drug-likeness (QED) is 0.531. The van der Waals surface area contributed by atoms with Gasteiger partial charge in [-0.1, -0.05) is 18.2 Å². The van der Waals surface area contributed by atoms with Crippen molar-refractivity contribution in [3.05, 3.63) is 77.1 Å². The number of hydrogen-bond donors (Lipinski definition) is 2. The van der Waals surface area contributed by atoms with E-state index in [-0.39, 0.29) is 6.10 Å². The zero-order chi connectivity index (χ0) is 24.4. The highest BCUT2D eigenvalue weighted by Crippen LogP contribution is 2.36. The van der Waals surface area contributed by atoms with Crippen molar-refractivity contribution in [3.63, 3.8) is 0 Å². The number of benzene rings is 2. The van der Waals surface area contributed by atoms with Gasteiger partial charge in [0.2, 0.25) is 0 Å². The van der Waals surface area contributed by atoms with Gasteiger partial charge in [0.25, 0.3) is 0 Å². The Kier molecular flexibility index (Phi) is 6.40. The maximum atomic E-state index is 12.7. The number of urea groups is 1. The fourth-order valence-electron chi connectivity index (χ4n) is 4.03. The Balaban J connectivity index is 1.89. The first-order chi connectivity index (χ1) is 16.3. The number of hydrogen-bond acceptors (Lipinski definition) is 5.